The first-order valence-electron chi connectivity index (χ1n) is 2.09. The van der Waals surface area contributed by atoms with Crippen molar-refractivity contribution in [1.29, 1.82) is 0 Å². The molecule has 0 aromatic heterocycles. The Kier molecular flexibility index (Phi) is 3.85. The van der Waals surface area contributed by atoms with Gasteiger partial charge >= 0.3 is 0 Å². The lowest BCUT2D eigenvalue weighted by atomic mass is 10.4. The van der Waals surface area contributed by atoms with Crippen LogP contribution in [0.5, 0.6) is 0 Å². The van der Waals surface area contributed by atoms with Gasteiger partial charge in [-0.05, 0) is 6.26 Å². The molecule has 3 nitrogen and oxygen atoms in total. The Labute approximate surface area is 51.7 Å². The van der Waals surface area contributed by atoms with Gasteiger partial charge in [0.05, 0.1) is 6.61 Å². The lowest BCUT2D eigenvalue weighted by molar-refractivity contribution is -0.119. The van der Waals surface area contributed by atoms with Crippen LogP contribution in [0.2, 0.25) is 0 Å². The van der Waals surface area contributed by atoms with Crippen molar-refractivity contribution < 1.29 is 15.0 Å². The summed E-state index contributed by atoms with van der Waals surface area (Å²) < 4.78 is 0. The van der Waals surface area contributed by atoms with E-state index in [9.17, 15) is 4.79 Å². The lowest BCUT2D eigenvalue weighted by Gasteiger charge is -1.99. The highest BCUT2D eigenvalue weighted by molar-refractivity contribution is 8.13. The highest BCUT2D eigenvalue weighted by Gasteiger charge is 2.10. The van der Waals surface area contributed by atoms with Crippen molar-refractivity contribution >= 4 is 16.9 Å². The van der Waals surface area contributed by atoms with Gasteiger partial charge in [0.25, 0.3) is 0 Å². The first-order chi connectivity index (χ1) is 3.72. The van der Waals surface area contributed by atoms with Crippen molar-refractivity contribution in [3.05, 3.63) is 0 Å². The summed E-state index contributed by atoms with van der Waals surface area (Å²) in [6, 6.07) is 0. The molecule has 1 atom stereocenters. The SMILES string of the molecule is CSC(=O)C(O)CO. The molecule has 0 aromatic carbocycles. The lowest BCUT2D eigenvalue weighted by Crippen LogP contribution is -2.20. The molecule has 8 heavy (non-hydrogen) atoms. The molecule has 0 aliphatic heterocycles. The van der Waals surface area contributed by atoms with Crippen molar-refractivity contribution in [2.45, 2.75) is 6.10 Å². The van der Waals surface area contributed by atoms with Gasteiger partial charge in [0.1, 0.15) is 6.10 Å². The predicted molar refractivity (Wildman–Crippen MR) is 31.6 cm³/mol. The molecule has 0 amide bonds. The Balaban J connectivity index is 3.46. The molecule has 0 aliphatic carbocycles. The molecule has 0 saturated carbocycles. The van der Waals surface area contributed by atoms with Crippen LogP contribution in [-0.4, -0.2) is 34.3 Å². The number of carbonyl (C=O) groups excluding carboxylic acids is 1. The predicted octanol–water partition coefficient (Wildman–Crippen LogP) is -0.771. The molecule has 0 saturated heterocycles. The van der Waals surface area contributed by atoms with E-state index in [2.05, 4.69) is 0 Å². The largest absolute Gasteiger partial charge is 0.393 e. The van der Waals surface area contributed by atoms with Gasteiger partial charge in [-0.2, -0.15) is 0 Å². The number of rotatable bonds is 2. The Morgan fingerprint density at radius 2 is 2.38 bits per heavy atom. The van der Waals surface area contributed by atoms with Gasteiger partial charge in [0.15, 0.2) is 0 Å². The molecule has 0 rings (SSSR count). The van der Waals surface area contributed by atoms with Crippen LogP contribution in [0, 0.1) is 0 Å². The third-order valence-electron chi connectivity index (χ3n) is 0.646. The number of aliphatic hydroxyl groups excluding tert-OH is 2. The molecular formula is C4H8O3S. The third-order valence-corrected chi connectivity index (χ3v) is 1.32. The average molecular weight is 136 g/mol. The minimum absolute atomic E-state index is 0.396. The molecule has 0 fully saturated rings. The summed E-state index contributed by atoms with van der Waals surface area (Å²) in [4.78, 5) is 10.3. The van der Waals surface area contributed by atoms with Crippen LogP contribution in [0.4, 0.5) is 0 Å². The van der Waals surface area contributed by atoms with E-state index < -0.39 is 17.8 Å². The molecule has 2 N–H and O–H groups in total. The van der Waals surface area contributed by atoms with Crippen LogP contribution in [0.3, 0.4) is 0 Å². The topological polar surface area (TPSA) is 57.5 Å². The summed E-state index contributed by atoms with van der Waals surface area (Å²) in [7, 11) is 0. The summed E-state index contributed by atoms with van der Waals surface area (Å²) >= 11 is 0.909. The second-order valence-electron chi connectivity index (χ2n) is 1.22. The molecule has 0 aromatic rings. The number of carbonyl (C=O) groups is 1. The fraction of sp³-hybridized carbons (Fsp3) is 0.750. The molecule has 0 aliphatic rings. The summed E-state index contributed by atoms with van der Waals surface area (Å²) in [6.45, 7) is -0.486. The first kappa shape index (κ1) is 7.94. The minimum Gasteiger partial charge on any atom is -0.393 e. The van der Waals surface area contributed by atoms with Gasteiger partial charge in [-0.15, -0.1) is 0 Å². The van der Waals surface area contributed by atoms with E-state index in [1.807, 2.05) is 0 Å². The van der Waals surface area contributed by atoms with E-state index in [1.165, 1.54) is 0 Å². The zero-order chi connectivity index (χ0) is 6.57. The van der Waals surface area contributed by atoms with E-state index in [1.54, 1.807) is 6.26 Å². The fourth-order valence-corrected chi connectivity index (χ4v) is 0.557. The van der Waals surface area contributed by atoms with Gasteiger partial charge in [0, 0.05) is 0 Å². The Hall–Kier alpha value is -0.0600. The van der Waals surface area contributed by atoms with Crippen molar-refractivity contribution in [3.63, 3.8) is 0 Å². The van der Waals surface area contributed by atoms with Gasteiger partial charge in [-0.3, -0.25) is 4.79 Å². The van der Waals surface area contributed by atoms with E-state index >= 15 is 0 Å². The Morgan fingerprint density at radius 3 is 2.50 bits per heavy atom. The smallest absolute Gasteiger partial charge is 0.219 e. The first-order valence-corrected chi connectivity index (χ1v) is 3.31. The van der Waals surface area contributed by atoms with Crippen LogP contribution < -0.4 is 0 Å². The van der Waals surface area contributed by atoms with E-state index in [-0.39, 0.29) is 0 Å². The standard InChI is InChI=1S/C4H8O3S/c1-8-4(7)3(6)2-5/h3,5-6H,2H2,1H3. The van der Waals surface area contributed by atoms with Crippen LogP contribution in [0.1, 0.15) is 0 Å². The second kappa shape index (κ2) is 3.88. The zero-order valence-corrected chi connectivity index (χ0v) is 5.31. The zero-order valence-electron chi connectivity index (χ0n) is 4.50. The molecule has 0 bridgehead atoms. The highest BCUT2D eigenvalue weighted by Crippen LogP contribution is 1.98. The number of thioether (sulfide) groups is 1. The molecule has 4 heteroatoms. The van der Waals surface area contributed by atoms with Gasteiger partial charge in [-0.25, -0.2) is 0 Å². The van der Waals surface area contributed by atoms with Gasteiger partial charge in [-0.1, -0.05) is 11.8 Å². The summed E-state index contributed by atoms with van der Waals surface area (Å²) in [6.07, 6.45) is 0.353. The monoisotopic (exact) mass is 136 g/mol. The summed E-state index contributed by atoms with van der Waals surface area (Å²) in [5.41, 5.74) is 0. The van der Waals surface area contributed by atoms with Crippen molar-refractivity contribution in [3.8, 4) is 0 Å². The molecular weight excluding hydrogens is 128 g/mol. The maximum Gasteiger partial charge on any atom is 0.219 e. The van der Waals surface area contributed by atoms with Gasteiger partial charge in [0.2, 0.25) is 5.12 Å². The Bertz CT molecular complexity index is 83.4. The number of aliphatic hydroxyl groups is 2. The molecule has 0 radical (unpaired) electrons. The second-order valence-corrected chi connectivity index (χ2v) is 2.03. The van der Waals surface area contributed by atoms with Crippen LogP contribution >= 0.6 is 11.8 Å². The van der Waals surface area contributed by atoms with Crippen LogP contribution in [0.25, 0.3) is 0 Å². The van der Waals surface area contributed by atoms with Gasteiger partial charge < -0.3 is 10.2 Å². The minimum atomic E-state index is -1.20. The fourth-order valence-electron chi connectivity index (χ4n) is 0.211. The van der Waals surface area contributed by atoms with Crippen molar-refractivity contribution in [1.82, 2.24) is 0 Å². The van der Waals surface area contributed by atoms with E-state index in [4.69, 9.17) is 10.2 Å². The molecule has 48 valence electrons. The number of hydrogen-bond acceptors (Lipinski definition) is 4. The van der Waals surface area contributed by atoms with Crippen molar-refractivity contribution in [2.24, 2.45) is 0 Å². The quantitative estimate of drug-likeness (QED) is 0.523. The van der Waals surface area contributed by atoms with E-state index in [0.717, 1.165) is 11.8 Å². The van der Waals surface area contributed by atoms with E-state index in [0.29, 0.717) is 0 Å². The van der Waals surface area contributed by atoms with Crippen LogP contribution in [-0.2, 0) is 4.79 Å². The molecule has 0 heterocycles. The molecule has 0 spiro atoms. The normalized spacial score (nSPS) is 13.4. The van der Waals surface area contributed by atoms with Crippen molar-refractivity contribution in [2.75, 3.05) is 12.9 Å². The Morgan fingerprint density at radius 1 is 1.88 bits per heavy atom. The van der Waals surface area contributed by atoms with Crippen LogP contribution in [0.15, 0.2) is 0 Å². The number of hydrogen-bond donors (Lipinski definition) is 2. The third kappa shape index (κ3) is 2.30. The highest BCUT2D eigenvalue weighted by atomic mass is 32.2. The maximum absolute atomic E-state index is 10.3. The average Bonchev–Trinajstić information content (AvgIpc) is 1.84. The molecule has 1 unspecified atom stereocenters. The summed E-state index contributed by atoms with van der Waals surface area (Å²) in [5, 5.41) is 16.3. The summed E-state index contributed by atoms with van der Waals surface area (Å²) in [5.74, 6) is 0. The maximum atomic E-state index is 10.3.